The number of rotatable bonds is 3. The van der Waals surface area contributed by atoms with Gasteiger partial charge in [0.2, 0.25) is 0 Å². The molecule has 0 radical (unpaired) electrons. The molecule has 2 aromatic carbocycles. The minimum Gasteiger partial charge on any atom is -0.465 e. The zero-order chi connectivity index (χ0) is 27.3. The first-order chi connectivity index (χ1) is 17.7. The van der Waals surface area contributed by atoms with E-state index >= 15 is 0 Å². The number of halogens is 3. The number of nitrogens with zero attached hydrogens (tertiary/aromatic N) is 4. The molecule has 8 nitrogen and oxygen atoms in total. The van der Waals surface area contributed by atoms with Crippen molar-refractivity contribution in [3.05, 3.63) is 91.8 Å². The van der Waals surface area contributed by atoms with E-state index in [0.717, 1.165) is 0 Å². The van der Waals surface area contributed by atoms with Gasteiger partial charge in [-0.2, -0.15) is 0 Å². The van der Waals surface area contributed by atoms with Gasteiger partial charge in [-0.25, -0.2) is 19.3 Å². The summed E-state index contributed by atoms with van der Waals surface area (Å²) in [5.74, 6) is -1.07. The third-order valence-corrected chi connectivity index (χ3v) is 6.55. The van der Waals surface area contributed by atoms with Gasteiger partial charge in [-0.3, -0.25) is 9.97 Å². The summed E-state index contributed by atoms with van der Waals surface area (Å²) in [5.41, 5.74) is 3.68. The van der Waals surface area contributed by atoms with Gasteiger partial charge in [0.1, 0.15) is 11.1 Å². The Balaban J connectivity index is 0.000000206. The summed E-state index contributed by atoms with van der Waals surface area (Å²) >= 11 is 15.7. The number of pyridine rings is 2. The molecule has 0 N–H and O–H groups in total. The molecule has 0 spiro atoms. The Labute approximate surface area is 230 Å². The first-order valence-corrected chi connectivity index (χ1v) is 12.3. The van der Waals surface area contributed by atoms with Crippen LogP contribution in [-0.2, 0) is 14.8 Å². The molecule has 0 unspecified atom stereocenters. The zero-order valence-electron chi connectivity index (χ0n) is 19.7. The van der Waals surface area contributed by atoms with Crippen molar-refractivity contribution in [3.8, 4) is 0 Å². The number of esters is 2. The smallest absolute Gasteiger partial charge is 0.341 e. The minimum absolute atomic E-state index is 0.232. The fourth-order valence-corrected chi connectivity index (χ4v) is 4.58. The van der Waals surface area contributed by atoms with Crippen LogP contribution in [0.4, 0.5) is 11.4 Å². The van der Waals surface area contributed by atoms with Crippen LogP contribution >= 0.6 is 39.1 Å². The van der Waals surface area contributed by atoms with Crippen LogP contribution in [0.1, 0.15) is 32.1 Å². The van der Waals surface area contributed by atoms with E-state index in [1.165, 1.54) is 14.2 Å². The van der Waals surface area contributed by atoms with Gasteiger partial charge in [-0.1, -0.05) is 51.3 Å². The maximum Gasteiger partial charge on any atom is 0.341 e. The molecule has 11 heteroatoms. The lowest BCUT2D eigenvalue weighted by molar-refractivity contribution is 0.0590. The third kappa shape index (κ3) is 5.65. The lowest BCUT2D eigenvalue weighted by Crippen LogP contribution is -2.08. The monoisotopic (exact) mass is 598 g/mol. The average molecular weight is 600 g/mol. The molecular formula is C26H17BrCl2N4O4. The van der Waals surface area contributed by atoms with Crippen LogP contribution in [0.2, 0.25) is 10.0 Å². The van der Waals surface area contributed by atoms with Crippen molar-refractivity contribution in [3.63, 3.8) is 0 Å². The first kappa shape index (κ1) is 27.8. The van der Waals surface area contributed by atoms with Crippen LogP contribution in [0.5, 0.6) is 0 Å². The van der Waals surface area contributed by atoms with E-state index in [-0.39, 0.29) is 21.2 Å². The molecule has 0 amide bonds. The third-order valence-electron chi connectivity index (χ3n) is 5.23. The Kier molecular flexibility index (Phi) is 9.01. The lowest BCUT2D eigenvalue weighted by atomic mass is 10.1. The summed E-state index contributed by atoms with van der Waals surface area (Å²) < 4.78 is 9.40. The molecule has 0 fully saturated rings. The van der Waals surface area contributed by atoms with Gasteiger partial charge in [-0.05, 0) is 31.2 Å². The highest BCUT2D eigenvalue weighted by Crippen LogP contribution is 2.33. The zero-order valence-corrected chi connectivity index (χ0v) is 22.8. The molecular weight excluding hydrogens is 583 g/mol. The highest BCUT2D eigenvalue weighted by molar-refractivity contribution is 9.08. The van der Waals surface area contributed by atoms with Gasteiger partial charge in [0, 0.05) is 16.1 Å². The van der Waals surface area contributed by atoms with Crippen molar-refractivity contribution in [1.82, 2.24) is 9.97 Å². The van der Waals surface area contributed by atoms with Gasteiger partial charge in [-0.15, -0.1) is 0 Å². The van der Waals surface area contributed by atoms with Crippen LogP contribution in [0, 0.1) is 20.1 Å². The molecule has 0 aliphatic rings. The standard InChI is InChI=1S/C13H8BrClN2O2.C13H9ClN2O2/c1-16-7-3-4-9-8(5-7)12(15)11(13(18)19-2)10(6-14)17-9;1-7-11(13(17)18-3)12(14)9-6-8(15-2)4-5-10(9)16-7/h3-5H,6H2,2H3;4-6H,1,3H3. The fraction of sp³-hybridized carbons (Fsp3) is 0.154. The van der Waals surface area contributed by atoms with Crippen molar-refractivity contribution >= 4 is 84.3 Å². The van der Waals surface area contributed by atoms with Crippen molar-refractivity contribution in [2.75, 3.05) is 14.2 Å². The van der Waals surface area contributed by atoms with Gasteiger partial charge in [0.15, 0.2) is 11.4 Å². The molecule has 186 valence electrons. The van der Waals surface area contributed by atoms with Crippen molar-refractivity contribution in [2.24, 2.45) is 0 Å². The Hall–Kier alpha value is -3.76. The van der Waals surface area contributed by atoms with Crippen molar-refractivity contribution in [1.29, 1.82) is 0 Å². The number of hydrogen-bond donors (Lipinski definition) is 0. The van der Waals surface area contributed by atoms with Crippen LogP contribution < -0.4 is 0 Å². The minimum atomic E-state index is -0.540. The summed E-state index contributed by atoms with van der Waals surface area (Å²) in [6.45, 7) is 15.7. The molecule has 0 saturated carbocycles. The highest BCUT2D eigenvalue weighted by atomic mass is 79.9. The number of carbonyl (C=O) groups excluding carboxylic acids is 2. The van der Waals surface area contributed by atoms with Crippen LogP contribution in [0.3, 0.4) is 0 Å². The Bertz CT molecular complexity index is 1640. The topological polar surface area (TPSA) is 87.1 Å². The van der Waals surface area contributed by atoms with Crippen LogP contribution in [0.15, 0.2) is 36.4 Å². The second-order valence-electron chi connectivity index (χ2n) is 7.38. The number of aryl methyl sites for hydroxylation is 1. The van der Waals surface area contributed by atoms with E-state index in [9.17, 15) is 9.59 Å². The van der Waals surface area contributed by atoms with Gasteiger partial charge in [0.25, 0.3) is 0 Å². The van der Waals surface area contributed by atoms with Crippen molar-refractivity contribution in [2.45, 2.75) is 12.3 Å². The second-order valence-corrected chi connectivity index (χ2v) is 8.69. The number of hydrogen-bond acceptors (Lipinski definition) is 6. The van der Waals surface area contributed by atoms with E-state index < -0.39 is 11.9 Å². The molecule has 37 heavy (non-hydrogen) atoms. The maximum absolute atomic E-state index is 11.8. The fourth-order valence-electron chi connectivity index (χ4n) is 3.47. The quantitative estimate of drug-likeness (QED) is 0.136. The molecule has 0 atom stereocenters. The molecule has 0 aliphatic heterocycles. The summed E-state index contributed by atoms with van der Waals surface area (Å²) in [7, 11) is 2.58. The molecule has 0 bridgehead atoms. The number of alkyl halides is 1. The Morgan fingerprint density at radius 2 is 1.32 bits per heavy atom. The predicted molar refractivity (Wildman–Crippen MR) is 146 cm³/mol. The van der Waals surface area contributed by atoms with E-state index in [1.807, 2.05) is 0 Å². The van der Waals surface area contributed by atoms with Gasteiger partial charge >= 0.3 is 11.9 Å². The number of methoxy groups -OCH3 is 2. The largest absolute Gasteiger partial charge is 0.465 e. The summed E-state index contributed by atoms with van der Waals surface area (Å²) in [4.78, 5) is 38.8. The first-order valence-electron chi connectivity index (χ1n) is 10.4. The van der Waals surface area contributed by atoms with Crippen LogP contribution in [-0.4, -0.2) is 36.1 Å². The van der Waals surface area contributed by atoms with E-state index in [2.05, 4.69) is 40.3 Å². The van der Waals surface area contributed by atoms with Gasteiger partial charge in [0.05, 0.1) is 59.8 Å². The van der Waals surface area contributed by atoms with Crippen molar-refractivity contribution < 1.29 is 19.1 Å². The number of fused-ring (bicyclic) bond motifs is 2. The molecule has 4 rings (SSSR count). The molecule has 2 aromatic heterocycles. The average Bonchev–Trinajstić information content (AvgIpc) is 2.92. The normalized spacial score (nSPS) is 10.2. The highest BCUT2D eigenvalue weighted by Gasteiger charge is 2.20. The molecule has 2 heterocycles. The number of aromatic nitrogens is 2. The van der Waals surface area contributed by atoms with Crippen LogP contribution in [0.25, 0.3) is 31.5 Å². The van der Waals surface area contributed by atoms with E-state index in [1.54, 1.807) is 43.3 Å². The number of benzene rings is 2. The summed E-state index contributed by atoms with van der Waals surface area (Å²) in [6.07, 6.45) is 0. The van der Waals surface area contributed by atoms with E-state index in [4.69, 9.17) is 41.1 Å². The number of ether oxygens (including phenoxy) is 2. The van der Waals surface area contributed by atoms with Gasteiger partial charge < -0.3 is 9.47 Å². The maximum atomic E-state index is 11.8. The number of carbonyl (C=O) groups is 2. The van der Waals surface area contributed by atoms with E-state index in [0.29, 0.717) is 49.9 Å². The lowest BCUT2D eigenvalue weighted by Gasteiger charge is -2.10. The molecule has 0 aliphatic carbocycles. The predicted octanol–water partition coefficient (Wildman–Crippen LogP) is 7.65. The SMILES string of the molecule is [C-]#[N+]c1ccc2nc(C)c(C(=O)OC)c(Cl)c2c1.[C-]#[N+]c1ccc2nc(CBr)c(C(=O)OC)c(Cl)c2c1. The second kappa shape index (κ2) is 12.0. The Morgan fingerprint density at radius 1 is 0.865 bits per heavy atom. The summed E-state index contributed by atoms with van der Waals surface area (Å²) in [5, 5.41) is 2.07. The Morgan fingerprint density at radius 3 is 1.78 bits per heavy atom. The molecule has 4 aromatic rings. The summed E-state index contributed by atoms with van der Waals surface area (Å²) in [6, 6.07) is 9.97. The molecule has 0 saturated heterocycles.